The maximum atomic E-state index is 8.71. The maximum Gasteiger partial charge on any atom is 0.161 e. The molecule has 0 bridgehead atoms. The lowest BCUT2D eigenvalue weighted by molar-refractivity contribution is -0.0817. The van der Waals surface area contributed by atoms with Gasteiger partial charge in [0.2, 0.25) is 0 Å². The van der Waals surface area contributed by atoms with Crippen molar-refractivity contribution >= 4 is 30.9 Å². The Labute approximate surface area is 131 Å². The molecule has 1 aromatic heterocycles. The fraction of sp³-hybridized carbons (Fsp3) is 0.643. The molecule has 1 rings (SSSR count). The lowest BCUT2D eigenvalue weighted by Gasteiger charge is -2.34. The molecule has 0 spiro atoms. The average molecular weight is 328 g/mol. The van der Waals surface area contributed by atoms with Crippen molar-refractivity contribution in [3.05, 3.63) is 21.9 Å². The van der Waals surface area contributed by atoms with Gasteiger partial charge in [-0.15, -0.1) is 11.3 Å². The first-order valence-electron chi connectivity index (χ1n) is 7.21. The van der Waals surface area contributed by atoms with Gasteiger partial charge in [-0.3, -0.25) is 0 Å². The molecule has 0 aliphatic carbocycles. The second-order valence-electron chi connectivity index (χ2n) is 5.43. The van der Waals surface area contributed by atoms with Crippen LogP contribution in [-0.2, 0) is 21.7 Å². The Morgan fingerprint density at radius 3 is 2.40 bits per heavy atom. The quantitative estimate of drug-likeness (QED) is 0.517. The smallest absolute Gasteiger partial charge is 0.161 e. The Kier molecular flexibility index (Phi) is 7.70. The summed E-state index contributed by atoms with van der Waals surface area (Å²) >= 11 is 1.75. The normalized spacial score (nSPS) is 14.3. The van der Waals surface area contributed by atoms with E-state index in [1.165, 1.54) is 4.88 Å². The van der Waals surface area contributed by atoms with E-state index in [4.69, 9.17) is 14.1 Å². The second-order valence-corrected chi connectivity index (χ2v) is 8.51. The van der Waals surface area contributed by atoms with Crippen molar-refractivity contribution in [2.45, 2.75) is 52.5 Å². The summed E-state index contributed by atoms with van der Waals surface area (Å²) in [4.78, 5) is 2.51. The SMILES string of the molecule is C[SiH2]OC(O[SiH2]C)C(C)(C)CCc1ccc(CC#N)s1. The average Bonchev–Trinajstić information content (AvgIpc) is 2.85. The van der Waals surface area contributed by atoms with E-state index < -0.39 is 19.5 Å². The van der Waals surface area contributed by atoms with E-state index in [1.807, 2.05) is 0 Å². The van der Waals surface area contributed by atoms with Crippen LogP contribution in [0.3, 0.4) is 0 Å². The molecule has 1 aromatic rings. The first-order valence-corrected chi connectivity index (χ1v) is 12.0. The fourth-order valence-electron chi connectivity index (χ4n) is 2.09. The first-order chi connectivity index (χ1) is 9.53. The number of nitrogens with zero attached hydrogens (tertiary/aromatic N) is 1. The molecule has 112 valence electrons. The molecule has 0 amide bonds. The Bertz CT molecular complexity index is 437. The third kappa shape index (κ3) is 5.50. The summed E-state index contributed by atoms with van der Waals surface area (Å²) in [6.45, 7) is 8.76. The first kappa shape index (κ1) is 17.6. The van der Waals surface area contributed by atoms with Gasteiger partial charge in [-0.05, 0) is 25.0 Å². The molecule has 0 saturated carbocycles. The van der Waals surface area contributed by atoms with Gasteiger partial charge in [-0.25, -0.2) is 0 Å². The topological polar surface area (TPSA) is 42.2 Å². The van der Waals surface area contributed by atoms with Crippen LogP contribution < -0.4 is 0 Å². The van der Waals surface area contributed by atoms with Crippen molar-refractivity contribution in [2.24, 2.45) is 5.41 Å². The Morgan fingerprint density at radius 2 is 1.85 bits per heavy atom. The number of hydrogen-bond acceptors (Lipinski definition) is 4. The number of aryl methyl sites for hydroxylation is 1. The van der Waals surface area contributed by atoms with Crippen molar-refractivity contribution in [3.63, 3.8) is 0 Å². The fourth-order valence-corrected chi connectivity index (χ4v) is 4.94. The van der Waals surface area contributed by atoms with E-state index in [0.29, 0.717) is 6.42 Å². The molecular formula is C14H25NO2SSi2. The van der Waals surface area contributed by atoms with E-state index in [9.17, 15) is 0 Å². The summed E-state index contributed by atoms with van der Waals surface area (Å²) in [5, 5.41) is 8.71. The highest BCUT2D eigenvalue weighted by Gasteiger charge is 2.29. The van der Waals surface area contributed by atoms with Gasteiger partial charge in [0.05, 0.1) is 12.5 Å². The molecule has 0 aliphatic rings. The zero-order valence-electron chi connectivity index (χ0n) is 12.9. The van der Waals surface area contributed by atoms with Gasteiger partial charge in [-0.2, -0.15) is 5.26 Å². The van der Waals surface area contributed by atoms with Gasteiger partial charge in [0.15, 0.2) is 19.5 Å². The highest BCUT2D eigenvalue weighted by Crippen LogP contribution is 2.31. The standard InChI is InChI=1S/C14H25NO2SSi2/c1-14(2,13(16-19-3)17-20-4)9-7-11-5-6-12(18-11)8-10-15/h5-6,13H,7-9,19-20H2,1-4H3. The van der Waals surface area contributed by atoms with Crippen LogP contribution in [0.2, 0.25) is 13.1 Å². The number of thiophene rings is 1. The van der Waals surface area contributed by atoms with Crippen LogP contribution in [0, 0.1) is 16.7 Å². The molecule has 0 fully saturated rings. The van der Waals surface area contributed by atoms with Crippen molar-refractivity contribution in [1.82, 2.24) is 0 Å². The van der Waals surface area contributed by atoms with Crippen molar-refractivity contribution in [1.29, 1.82) is 5.26 Å². The van der Waals surface area contributed by atoms with E-state index >= 15 is 0 Å². The Hall–Kier alpha value is -0.456. The molecule has 3 nitrogen and oxygen atoms in total. The Morgan fingerprint density at radius 1 is 1.25 bits per heavy atom. The third-order valence-electron chi connectivity index (χ3n) is 3.26. The van der Waals surface area contributed by atoms with E-state index in [-0.39, 0.29) is 11.7 Å². The molecule has 0 radical (unpaired) electrons. The number of hydrogen-bond donors (Lipinski definition) is 0. The van der Waals surface area contributed by atoms with Crippen molar-refractivity contribution in [3.8, 4) is 6.07 Å². The zero-order valence-corrected chi connectivity index (χ0v) is 16.6. The molecule has 1 heterocycles. The summed E-state index contributed by atoms with van der Waals surface area (Å²) in [7, 11) is -0.905. The molecule has 0 aromatic carbocycles. The van der Waals surface area contributed by atoms with Crippen LogP contribution in [0.25, 0.3) is 0 Å². The molecular weight excluding hydrogens is 302 g/mol. The minimum Gasteiger partial charge on any atom is -0.400 e. The zero-order chi connectivity index (χ0) is 15.0. The van der Waals surface area contributed by atoms with Gasteiger partial charge < -0.3 is 8.85 Å². The van der Waals surface area contributed by atoms with Crippen molar-refractivity contribution < 1.29 is 8.85 Å². The highest BCUT2D eigenvalue weighted by atomic mass is 32.1. The van der Waals surface area contributed by atoms with Gasteiger partial charge in [0.25, 0.3) is 0 Å². The molecule has 20 heavy (non-hydrogen) atoms. The third-order valence-corrected chi connectivity index (χ3v) is 5.68. The maximum absolute atomic E-state index is 8.71. The van der Waals surface area contributed by atoms with Gasteiger partial charge >= 0.3 is 0 Å². The van der Waals surface area contributed by atoms with Crippen LogP contribution in [-0.4, -0.2) is 25.8 Å². The molecule has 0 saturated heterocycles. The van der Waals surface area contributed by atoms with Gasteiger partial charge in [0.1, 0.15) is 6.29 Å². The Balaban J connectivity index is 2.57. The minimum absolute atomic E-state index is 0.0330. The predicted molar refractivity (Wildman–Crippen MR) is 90.5 cm³/mol. The van der Waals surface area contributed by atoms with E-state index in [1.54, 1.807) is 11.3 Å². The second kappa shape index (κ2) is 8.75. The number of nitriles is 1. The summed E-state index contributed by atoms with van der Waals surface area (Å²) in [5.41, 5.74) is 0.0470. The summed E-state index contributed by atoms with van der Waals surface area (Å²) < 4.78 is 11.8. The molecule has 0 atom stereocenters. The van der Waals surface area contributed by atoms with Crippen LogP contribution in [0.1, 0.15) is 30.0 Å². The molecule has 0 unspecified atom stereocenters. The monoisotopic (exact) mass is 327 g/mol. The van der Waals surface area contributed by atoms with E-state index in [2.05, 4.69) is 45.1 Å². The predicted octanol–water partition coefficient (Wildman–Crippen LogP) is 2.40. The lowest BCUT2D eigenvalue weighted by Crippen LogP contribution is -2.36. The molecule has 6 heteroatoms. The molecule has 0 N–H and O–H groups in total. The summed E-state index contributed by atoms with van der Waals surface area (Å²) in [6.07, 6.45) is 2.57. The van der Waals surface area contributed by atoms with E-state index in [0.717, 1.165) is 17.7 Å². The minimum atomic E-state index is -0.452. The molecule has 0 aliphatic heterocycles. The highest BCUT2D eigenvalue weighted by molar-refractivity contribution is 7.12. The summed E-state index contributed by atoms with van der Waals surface area (Å²) in [6, 6.07) is 6.42. The number of rotatable bonds is 9. The van der Waals surface area contributed by atoms with Gasteiger partial charge in [0, 0.05) is 15.2 Å². The van der Waals surface area contributed by atoms with Crippen LogP contribution in [0.15, 0.2) is 12.1 Å². The largest absolute Gasteiger partial charge is 0.400 e. The van der Waals surface area contributed by atoms with Crippen LogP contribution in [0.5, 0.6) is 0 Å². The van der Waals surface area contributed by atoms with Crippen LogP contribution >= 0.6 is 11.3 Å². The van der Waals surface area contributed by atoms with Crippen molar-refractivity contribution in [2.75, 3.05) is 0 Å². The lowest BCUT2D eigenvalue weighted by atomic mass is 9.87. The van der Waals surface area contributed by atoms with Gasteiger partial charge in [-0.1, -0.05) is 26.9 Å². The van der Waals surface area contributed by atoms with Crippen LogP contribution in [0.4, 0.5) is 0 Å². The summed E-state index contributed by atoms with van der Waals surface area (Å²) in [5.74, 6) is 0.